The molecule has 1 saturated heterocycles. The van der Waals surface area contributed by atoms with Crippen molar-refractivity contribution < 1.29 is 0 Å². The van der Waals surface area contributed by atoms with Gasteiger partial charge in [0.1, 0.15) is 5.82 Å². The summed E-state index contributed by atoms with van der Waals surface area (Å²) in [6.07, 6.45) is 1.14. The van der Waals surface area contributed by atoms with E-state index in [1.807, 2.05) is 13.8 Å². The van der Waals surface area contributed by atoms with Crippen LogP contribution < -0.4 is 4.90 Å². The van der Waals surface area contributed by atoms with E-state index >= 15 is 0 Å². The number of nitrogens with zero attached hydrogens (tertiary/aromatic N) is 7. The van der Waals surface area contributed by atoms with Crippen LogP contribution in [0.15, 0.2) is 0 Å². The molecule has 2 aromatic heterocycles. The van der Waals surface area contributed by atoms with Gasteiger partial charge in [0.25, 0.3) is 0 Å². The van der Waals surface area contributed by atoms with Crippen molar-refractivity contribution in [3.05, 3.63) is 17.2 Å². The van der Waals surface area contributed by atoms with E-state index in [1.54, 1.807) is 4.80 Å². The second kappa shape index (κ2) is 6.70. The molecule has 0 radical (unpaired) electrons. The molecule has 3 heterocycles. The summed E-state index contributed by atoms with van der Waals surface area (Å²) < 4.78 is 4.29. The van der Waals surface area contributed by atoms with Crippen molar-refractivity contribution in [3.8, 4) is 0 Å². The first-order valence-corrected chi connectivity index (χ1v) is 8.61. The van der Waals surface area contributed by atoms with Crippen LogP contribution in [0.1, 0.15) is 30.6 Å². The highest BCUT2D eigenvalue weighted by molar-refractivity contribution is 7.09. The van der Waals surface area contributed by atoms with Gasteiger partial charge in [-0.15, -0.1) is 0 Å². The summed E-state index contributed by atoms with van der Waals surface area (Å²) in [5.41, 5.74) is 2.14. The maximum absolute atomic E-state index is 4.56. The van der Waals surface area contributed by atoms with Crippen LogP contribution in [-0.2, 0) is 13.1 Å². The van der Waals surface area contributed by atoms with Crippen LogP contribution in [0.4, 0.5) is 5.13 Å². The van der Waals surface area contributed by atoms with E-state index in [2.05, 4.69) is 36.3 Å². The molecule has 3 rings (SSSR count). The molecule has 0 bridgehead atoms. The van der Waals surface area contributed by atoms with Gasteiger partial charge in [-0.05, 0) is 27.2 Å². The maximum Gasteiger partial charge on any atom is 0.205 e. The number of hydrogen-bond donors (Lipinski definition) is 0. The Morgan fingerprint density at radius 3 is 2.64 bits per heavy atom. The monoisotopic (exact) mass is 321 g/mol. The predicted octanol–water partition coefficient (Wildman–Crippen LogP) is 1.48. The SMILES string of the molecule is CCn1nc(C)c(CN2CCCN(c3nc(C)ns3)CC2)n1. The first kappa shape index (κ1) is 15.4. The zero-order chi connectivity index (χ0) is 15.5. The second-order valence-electron chi connectivity index (χ2n) is 5.66. The minimum absolute atomic E-state index is 0.824. The highest BCUT2D eigenvalue weighted by atomic mass is 32.1. The normalized spacial score (nSPS) is 17.0. The van der Waals surface area contributed by atoms with Crippen molar-refractivity contribution in [1.29, 1.82) is 0 Å². The number of rotatable bonds is 4. The first-order chi connectivity index (χ1) is 10.7. The van der Waals surface area contributed by atoms with Crippen molar-refractivity contribution in [1.82, 2.24) is 29.3 Å². The summed E-state index contributed by atoms with van der Waals surface area (Å²) >= 11 is 1.50. The molecule has 0 aliphatic carbocycles. The van der Waals surface area contributed by atoms with Gasteiger partial charge >= 0.3 is 0 Å². The quantitative estimate of drug-likeness (QED) is 0.850. The first-order valence-electron chi connectivity index (χ1n) is 7.84. The zero-order valence-corrected chi connectivity index (χ0v) is 14.3. The third-order valence-corrected chi connectivity index (χ3v) is 4.82. The zero-order valence-electron chi connectivity index (χ0n) is 13.5. The van der Waals surface area contributed by atoms with Crippen LogP contribution >= 0.6 is 11.5 Å². The summed E-state index contributed by atoms with van der Waals surface area (Å²) in [5, 5.41) is 10.0. The molecule has 1 aliphatic heterocycles. The van der Waals surface area contributed by atoms with Gasteiger partial charge in [0.15, 0.2) is 0 Å². The Balaban J connectivity index is 1.61. The Morgan fingerprint density at radius 1 is 1.09 bits per heavy atom. The van der Waals surface area contributed by atoms with Crippen LogP contribution in [0.3, 0.4) is 0 Å². The largest absolute Gasteiger partial charge is 0.346 e. The van der Waals surface area contributed by atoms with Crippen LogP contribution in [-0.4, -0.2) is 55.4 Å². The Bertz CT molecular complexity index is 620. The number of hydrogen-bond acceptors (Lipinski definition) is 7. The fraction of sp³-hybridized carbons (Fsp3) is 0.714. The minimum Gasteiger partial charge on any atom is -0.346 e. The molecule has 7 nitrogen and oxygen atoms in total. The summed E-state index contributed by atoms with van der Waals surface area (Å²) in [6.45, 7) is 11.9. The topological polar surface area (TPSA) is 63.0 Å². The van der Waals surface area contributed by atoms with Crippen molar-refractivity contribution >= 4 is 16.7 Å². The van der Waals surface area contributed by atoms with Gasteiger partial charge in [0.05, 0.1) is 17.9 Å². The summed E-state index contributed by atoms with van der Waals surface area (Å²) in [6, 6.07) is 0. The van der Waals surface area contributed by atoms with Crippen LogP contribution in [0, 0.1) is 13.8 Å². The third kappa shape index (κ3) is 3.44. The van der Waals surface area contributed by atoms with Gasteiger partial charge in [-0.1, -0.05) is 0 Å². The molecule has 0 saturated carbocycles. The molecule has 8 heteroatoms. The highest BCUT2D eigenvalue weighted by Crippen LogP contribution is 2.19. The molecule has 1 fully saturated rings. The Labute approximate surface area is 135 Å². The van der Waals surface area contributed by atoms with Gasteiger partial charge in [0.2, 0.25) is 5.13 Å². The molecule has 1 aliphatic rings. The average molecular weight is 321 g/mol. The molecule has 0 unspecified atom stereocenters. The maximum atomic E-state index is 4.56. The Hall–Kier alpha value is -1.54. The van der Waals surface area contributed by atoms with E-state index in [4.69, 9.17) is 0 Å². The lowest BCUT2D eigenvalue weighted by molar-refractivity contribution is 0.280. The molecular formula is C14H23N7S. The van der Waals surface area contributed by atoms with E-state index in [-0.39, 0.29) is 0 Å². The van der Waals surface area contributed by atoms with Gasteiger partial charge in [-0.25, -0.2) is 4.98 Å². The molecular weight excluding hydrogens is 298 g/mol. The average Bonchev–Trinajstić information content (AvgIpc) is 3.00. The minimum atomic E-state index is 0.824. The van der Waals surface area contributed by atoms with Gasteiger partial charge < -0.3 is 4.90 Å². The number of anilines is 1. The lowest BCUT2D eigenvalue weighted by Gasteiger charge is -2.20. The molecule has 0 N–H and O–H groups in total. The number of aryl methyl sites for hydroxylation is 3. The van der Waals surface area contributed by atoms with E-state index in [9.17, 15) is 0 Å². The van der Waals surface area contributed by atoms with Crippen LogP contribution in [0.25, 0.3) is 0 Å². The third-order valence-electron chi connectivity index (χ3n) is 3.95. The van der Waals surface area contributed by atoms with E-state index in [1.165, 1.54) is 11.5 Å². The molecule has 2 aromatic rings. The fourth-order valence-corrected chi connectivity index (χ4v) is 3.42. The molecule has 0 aromatic carbocycles. The lowest BCUT2D eigenvalue weighted by Crippen LogP contribution is -2.30. The summed E-state index contributed by atoms with van der Waals surface area (Å²) in [7, 11) is 0. The standard InChI is InChI=1S/C14H23N7S/c1-4-21-16-11(2)13(17-21)10-19-6-5-7-20(9-8-19)14-15-12(3)18-22-14/h4-10H2,1-3H3. The fourth-order valence-electron chi connectivity index (χ4n) is 2.70. The molecule has 120 valence electrons. The van der Waals surface area contributed by atoms with E-state index < -0.39 is 0 Å². The molecule has 22 heavy (non-hydrogen) atoms. The highest BCUT2D eigenvalue weighted by Gasteiger charge is 2.19. The van der Waals surface area contributed by atoms with Crippen LogP contribution in [0.2, 0.25) is 0 Å². The van der Waals surface area contributed by atoms with Gasteiger partial charge in [-0.2, -0.15) is 19.4 Å². The lowest BCUT2D eigenvalue weighted by atomic mass is 10.3. The molecule has 0 spiro atoms. The van der Waals surface area contributed by atoms with Crippen molar-refractivity contribution in [3.63, 3.8) is 0 Å². The predicted molar refractivity (Wildman–Crippen MR) is 87.2 cm³/mol. The van der Waals surface area contributed by atoms with Crippen molar-refractivity contribution in [2.24, 2.45) is 0 Å². The summed E-state index contributed by atoms with van der Waals surface area (Å²) in [5.74, 6) is 0.868. The number of aromatic nitrogens is 5. The second-order valence-corrected chi connectivity index (χ2v) is 6.39. The Morgan fingerprint density at radius 2 is 1.95 bits per heavy atom. The smallest absolute Gasteiger partial charge is 0.205 e. The Kier molecular flexibility index (Phi) is 4.68. The van der Waals surface area contributed by atoms with Gasteiger partial charge in [0, 0.05) is 44.3 Å². The summed E-state index contributed by atoms with van der Waals surface area (Å²) in [4.78, 5) is 11.1. The van der Waals surface area contributed by atoms with Crippen molar-refractivity contribution in [2.45, 2.75) is 40.3 Å². The van der Waals surface area contributed by atoms with Gasteiger partial charge in [-0.3, -0.25) is 4.90 Å². The molecule has 0 atom stereocenters. The van der Waals surface area contributed by atoms with E-state index in [0.717, 1.165) is 68.0 Å². The van der Waals surface area contributed by atoms with Crippen LogP contribution in [0.5, 0.6) is 0 Å². The molecule has 0 amide bonds. The van der Waals surface area contributed by atoms with E-state index in [0.29, 0.717) is 0 Å². The van der Waals surface area contributed by atoms with Crippen molar-refractivity contribution in [2.75, 3.05) is 31.1 Å².